The Morgan fingerprint density at radius 2 is 2.08 bits per heavy atom. The Balaban J connectivity index is 1.68. The van der Waals surface area contributed by atoms with Crippen molar-refractivity contribution >= 4 is 12.0 Å². The number of carboxylic acid groups (broad SMARTS) is 1. The van der Waals surface area contributed by atoms with Crippen LogP contribution >= 0.6 is 0 Å². The second kappa shape index (κ2) is 7.49. The lowest BCUT2D eigenvalue weighted by Crippen LogP contribution is -2.47. The van der Waals surface area contributed by atoms with E-state index in [1.54, 1.807) is 11.0 Å². The Kier molecular flexibility index (Phi) is 5.31. The van der Waals surface area contributed by atoms with Crippen molar-refractivity contribution in [2.45, 2.75) is 31.0 Å². The quantitative estimate of drug-likeness (QED) is 0.875. The van der Waals surface area contributed by atoms with Crippen LogP contribution in [0.25, 0.3) is 0 Å². The number of likely N-dealkylation sites (tertiary alicyclic amines) is 2. The van der Waals surface area contributed by atoms with E-state index in [2.05, 4.69) is 4.90 Å². The van der Waals surface area contributed by atoms with Gasteiger partial charge in [0.15, 0.2) is 0 Å². The summed E-state index contributed by atoms with van der Waals surface area (Å²) < 4.78 is 19.0. The number of amides is 2. The van der Waals surface area contributed by atoms with Gasteiger partial charge in [0.05, 0.1) is 6.54 Å². The van der Waals surface area contributed by atoms with E-state index in [9.17, 15) is 19.1 Å². The monoisotopic (exact) mass is 365 g/mol. The van der Waals surface area contributed by atoms with Crippen molar-refractivity contribution in [3.63, 3.8) is 0 Å². The van der Waals surface area contributed by atoms with E-state index in [1.165, 1.54) is 18.2 Å². The fraction of sp³-hybridized carbons (Fsp3) is 0.556. The molecule has 2 aliphatic heterocycles. The molecule has 2 heterocycles. The maximum atomic E-state index is 13.3. The highest BCUT2D eigenvalue weighted by molar-refractivity contribution is 5.86. The van der Waals surface area contributed by atoms with Gasteiger partial charge in [0.2, 0.25) is 5.91 Å². The van der Waals surface area contributed by atoms with Gasteiger partial charge in [-0.3, -0.25) is 9.69 Å². The summed E-state index contributed by atoms with van der Waals surface area (Å²) in [5, 5.41) is 9.47. The first-order valence-electron chi connectivity index (χ1n) is 8.72. The van der Waals surface area contributed by atoms with Crippen LogP contribution < -0.4 is 4.74 Å². The summed E-state index contributed by atoms with van der Waals surface area (Å²) in [5.41, 5.74) is 0. The molecule has 0 spiro atoms. The van der Waals surface area contributed by atoms with Crippen LogP contribution in [0.1, 0.15) is 12.8 Å². The molecule has 7 nitrogen and oxygen atoms in total. The summed E-state index contributed by atoms with van der Waals surface area (Å²) in [6.07, 6.45) is -0.474. The van der Waals surface area contributed by atoms with Crippen LogP contribution in [0, 0.1) is 5.82 Å². The fourth-order valence-electron chi connectivity index (χ4n) is 3.64. The highest BCUT2D eigenvalue weighted by Gasteiger charge is 2.44. The summed E-state index contributed by atoms with van der Waals surface area (Å²) in [6.45, 7) is 1.32. The summed E-state index contributed by atoms with van der Waals surface area (Å²) in [7, 11) is 3.95. The molecule has 2 fully saturated rings. The predicted octanol–water partition coefficient (Wildman–Crippen LogP) is 1.49. The van der Waals surface area contributed by atoms with Gasteiger partial charge in [0.25, 0.3) is 0 Å². The highest BCUT2D eigenvalue weighted by Crippen LogP contribution is 2.26. The number of ether oxygens (including phenoxy) is 1. The smallest absolute Gasteiger partial charge is 0.408 e. The molecule has 2 saturated heterocycles. The second-order valence-corrected chi connectivity index (χ2v) is 7.07. The van der Waals surface area contributed by atoms with Crippen LogP contribution in [0.3, 0.4) is 0 Å². The van der Waals surface area contributed by atoms with Crippen LogP contribution in [0.5, 0.6) is 5.75 Å². The molecule has 1 aromatic carbocycles. The van der Waals surface area contributed by atoms with Crippen molar-refractivity contribution in [3.8, 4) is 5.75 Å². The van der Waals surface area contributed by atoms with Crippen LogP contribution in [0.15, 0.2) is 24.3 Å². The minimum atomic E-state index is -1.14. The summed E-state index contributed by atoms with van der Waals surface area (Å²) in [4.78, 5) is 29.4. The molecule has 2 amide bonds. The Morgan fingerprint density at radius 3 is 2.69 bits per heavy atom. The number of nitrogens with zero attached hydrogens (tertiary/aromatic N) is 3. The third kappa shape index (κ3) is 3.90. The molecule has 0 radical (unpaired) electrons. The number of halogens is 1. The SMILES string of the molecule is CN(C)[C@H]1CCN(C(=O)C2CC(Oc3cccc(F)c3)CN2C(=O)O)C1. The van der Waals surface area contributed by atoms with Crippen LogP contribution in [-0.2, 0) is 4.79 Å². The number of hydrogen-bond acceptors (Lipinski definition) is 4. The number of hydrogen-bond donors (Lipinski definition) is 1. The Morgan fingerprint density at radius 1 is 1.31 bits per heavy atom. The van der Waals surface area contributed by atoms with Crippen molar-refractivity contribution < 1.29 is 23.8 Å². The van der Waals surface area contributed by atoms with Gasteiger partial charge in [0, 0.05) is 31.6 Å². The number of benzene rings is 1. The largest absolute Gasteiger partial charge is 0.488 e. The summed E-state index contributed by atoms with van der Waals surface area (Å²) in [6, 6.07) is 5.24. The lowest BCUT2D eigenvalue weighted by atomic mass is 10.1. The molecular formula is C18H24FN3O4. The Hall–Kier alpha value is -2.35. The number of carbonyl (C=O) groups is 2. The van der Waals surface area contributed by atoms with Gasteiger partial charge < -0.3 is 19.6 Å². The zero-order valence-electron chi connectivity index (χ0n) is 15.0. The molecule has 0 aliphatic carbocycles. The van der Waals surface area contributed by atoms with Gasteiger partial charge in [-0.15, -0.1) is 0 Å². The van der Waals surface area contributed by atoms with Gasteiger partial charge >= 0.3 is 6.09 Å². The predicted molar refractivity (Wildman–Crippen MR) is 92.6 cm³/mol. The molecule has 1 N–H and O–H groups in total. The molecule has 3 atom stereocenters. The van der Waals surface area contributed by atoms with Crippen molar-refractivity contribution in [3.05, 3.63) is 30.1 Å². The molecule has 3 rings (SSSR count). The fourth-order valence-corrected chi connectivity index (χ4v) is 3.64. The molecule has 2 unspecified atom stereocenters. The maximum absolute atomic E-state index is 13.3. The Bertz CT molecular complexity index is 684. The van der Waals surface area contributed by atoms with Gasteiger partial charge in [-0.2, -0.15) is 0 Å². The van der Waals surface area contributed by atoms with E-state index >= 15 is 0 Å². The van der Waals surface area contributed by atoms with E-state index in [0.29, 0.717) is 18.8 Å². The molecule has 0 bridgehead atoms. The number of carbonyl (C=O) groups excluding carboxylic acids is 1. The van der Waals surface area contributed by atoms with Crippen molar-refractivity contribution in [2.24, 2.45) is 0 Å². The molecule has 0 aromatic heterocycles. The van der Waals surface area contributed by atoms with Crippen LogP contribution in [0.4, 0.5) is 9.18 Å². The zero-order valence-corrected chi connectivity index (χ0v) is 15.0. The lowest BCUT2D eigenvalue weighted by Gasteiger charge is -2.26. The average molecular weight is 365 g/mol. The summed E-state index contributed by atoms with van der Waals surface area (Å²) in [5.74, 6) is -0.264. The van der Waals surface area contributed by atoms with Gasteiger partial charge in [-0.25, -0.2) is 9.18 Å². The lowest BCUT2D eigenvalue weighted by molar-refractivity contribution is -0.134. The standard InChI is InChI=1S/C18H24FN3O4/c1-20(2)13-6-7-21(10-13)17(23)16-9-15(11-22(16)18(24)25)26-14-5-3-4-12(19)8-14/h3-5,8,13,15-16H,6-7,9-11H2,1-2H3,(H,24,25)/t13-,15?,16?/m0/s1. The topological polar surface area (TPSA) is 73.3 Å². The second-order valence-electron chi connectivity index (χ2n) is 7.07. The van der Waals surface area contributed by atoms with E-state index in [-0.39, 0.29) is 24.9 Å². The van der Waals surface area contributed by atoms with Gasteiger partial charge in [-0.1, -0.05) is 6.07 Å². The van der Waals surface area contributed by atoms with Crippen LogP contribution in [-0.4, -0.2) is 83.7 Å². The molecular weight excluding hydrogens is 341 g/mol. The minimum absolute atomic E-state index is 0.0905. The van der Waals surface area contributed by atoms with E-state index in [0.717, 1.165) is 11.3 Å². The van der Waals surface area contributed by atoms with Crippen molar-refractivity contribution in [1.82, 2.24) is 14.7 Å². The third-order valence-electron chi connectivity index (χ3n) is 5.10. The molecule has 2 aliphatic rings. The van der Waals surface area contributed by atoms with Crippen LogP contribution in [0.2, 0.25) is 0 Å². The zero-order chi connectivity index (χ0) is 18.8. The van der Waals surface area contributed by atoms with Crippen molar-refractivity contribution in [2.75, 3.05) is 33.7 Å². The molecule has 1 aromatic rings. The first kappa shape index (κ1) is 18.4. The Labute approximate surface area is 151 Å². The first-order chi connectivity index (χ1) is 12.3. The van der Waals surface area contributed by atoms with Crippen molar-refractivity contribution in [1.29, 1.82) is 0 Å². The highest BCUT2D eigenvalue weighted by atomic mass is 19.1. The average Bonchev–Trinajstić information content (AvgIpc) is 3.21. The molecule has 0 saturated carbocycles. The summed E-state index contributed by atoms with van der Waals surface area (Å²) >= 11 is 0. The van der Waals surface area contributed by atoms with Gasteiger partial charge in [-0.05, 0) is 32.6 Å². The van der Waals surface area contributed by atoms with E-state index in [1.807, 2.05) is 14.1 Å². The minimum Gasteiger partial charge on any atom is -0.488 e. The molecule has 26 heavy (non-hydrogen) atoms. The number of likely N-dealkylation sites (N-methyl/N-ethyl adjacent to an activating group) is 1. The molecule has 142 valence electrons. The van der Waals surface area contributed by atoms with E-state index in [4.69, 9.17) is 4.74 Å². The number of rotatable bonds is 4. The van der Waals surface area contributed by atoms with Gasteiger partial charge in [0.1, 0.15) is 23.7 Å². The molecule has 8 heteroatoms. The van der Waals surface area contributed by atoms with E-state index < -0.39 is 24.1 Å². The maximum Gasteiger partial charge on any atom is 0.408 e. The first-order valence-corrected chi connectivity index (χ1v) is 8.72. The third-order valence-corrected chi connectivity index (χ3v) is 5.10. The normalized spacial score (nSPS) is 25.8.